The van der Waals surface area contributed by atoms with Gasteiger partial charge in [-0.15, -0.1) is 0 Å². The number of nitrogens with one attached hydrogen (secondary N) is 1. The SMILES string of the molecule is Nc1cc(Cl)c(NC(=O)CN2CCCCC2=O)c(Cl)c1. The molecule has 108 valence electrons. The Morgan fingerprint density at radius 1 is 1.30 bits per heavy atom. The van der Waals surface area contributed by atoms with Crippen LogP contribution in [0.25, 0.3) is 0 Å². The van der Waals surface area contributed by atoms with Gasteiger partial charge >= 0.3 is 0 Å². The molecule has 0 aliphatic carbocycles. The van der Waals surface area contributed by atoms with Crippen LogP contribution in [0.4, 0.5) is 11.4 Å². The van der Waals surface area contributed by atoms with Gasteiger partial charge in [-0.1, -0.05) is 23.2 Å². The Kier molecular flexibility index (Phi) is 4.73. The van der Waals surface area contributed by atoms with Crippen LogP contribution < -0.4 is 11.1 Å². The zero-order valence-corrected chi connectivity index (χ0v) is 12.3. The molecule has 1 aliphatic heterocycles. The number of rotatable bonds is 3. The molecule has 1 aliphatic rings. The average molecular weight is 316 g/mol. The van der Waals surface area contributed by atoms with Crippen LogP contribution >= 0.6 is 23.2 Å². The molecular formula is C13H15Cl2N3O2. The summed E-state index contributed by atoms with van der Waals surface area (Å²) in [5.41, 5.74) is 6.33. The number of anilines is 2. The highest BCUT2D eigenvalue weighted by atomic mass is 35.5. The summed E-state index contributed by atoms with van der Waals surface area (Å²) in [6.07, 6.45) is 2.30. The fraction of sp³-hybridized carbons (Fsp3) is 0.385. The molecular weight excluding hydrogens is 301 g/mol. The molecule has 0 bridgehead atoms. The second-order valence-corrected chi connectivity index (χ2v) is 5.49. The van der Waals surface area contributed by atoms with E-state index in [0.717, 1.165) is 12.8 Å². The van der Waals surface area contributed by atoms with E-state index in [1.54, 1.807) is 0 Å². The summed E-state index contributed by atoms with van der Waals surface area (Å²) in [6, 6.07) is 3.02. The minimum absolute atomic E-state index is 0.000833. The van der Waals surface area contributed by atoms with Crippen LogP contribution in [0.3, 0.4) is 0 Å². The molecule has 0 unspecified atom stereocenters. The van der Waals surface area contributed by atoms with Gasteiger partial charge in [-0.05, 0) is 25.0 Å². The Balaban J connectivity index is 2.03. The number of nitrogen functional groups attached to an aromatic ring is 1. The van der Waals surface area contributed by atoms with Crippen LogP contribution in [0, 0.1) is 0 Å². The van der Waals surface area contributed by atoms with E-state index in [4.69, 9.17) is 28.9 Å². The molecule has 0 spiro atoms. The number of hydrogen-bond donors (Lipinski definition) is 2. The van der Waals surface area contributed by atoms with Gasteiger partial charge in [0.1, 0.15) is 0 Å². The smallest absolute Gasteiger partial charge is 0.244 e. The van der Waals surface area contributed by atoms with Crippen LogP contribution in [0.15, 0.2) is 12.1 Å². The van der Waals surface area contributed by atoms with Crippen LogP contribution in [0.1, 0.15) is 19.3 Å². The Morgan fingerprint density at radius 2 is 1.95 bits per heavy atom. The molecule has 0 aromatic heterocycles. The third kappa shape index (κ3) is 3.55. The van der Waals surface area contributed by atoms with Gasteiger partial charge in [0, 0.05) is 18.7 Å². The summed E-state index contributed by atoms with van der Waals surface area (Å²) in [5.74, 6) is -0.324. The molecule has 0 radical (unpaired) electrons. The summed E-state index contributed by atoms with van der Waals surface area (Å²) >= 11 is 12.0. The van der Waals surface area contributed by atoms with E-state index in [2.05, 4.69) is 5.32 Å². The van der Waals surface area contributed by atoms with Crippen molar-refractivity contribution in [1.29, 1.82) is 0 Å². The van der Waals surface area contributed by atoms with Crippen molar-refractivity contribution >= 4 is 46.4 Å². The second-order valence-electron chi connectivity index (χ2n) is 4.68. The number of halogens is 2. The van der Waals surface area contributed by atoms with Crippen molar-refractivity contribution in [1.82, 2.24) is 4.90 Å². The summed E-state index contributed by atoms with van der Waals surface area (Å²) in [7, 11) is 0. The van der Waals surface area contributed by atoms with Crippen molar-refractivity contribution in [3.63, 3.8) is 0 Å². The zero-order chi connectivity index (χ0) is 14.7. The Bertz CT molecular complexity index is 525. The monoisotopic (exact) mass is 315 g/mol. The highest BCUT2D eigenvalue weighted by Crippen LogP contribution is 2.32. The maximum atomic E-state index is 12.0. The topological polar surface area (TPSA) is 75.4 Å². The first-order chi connectivity index (χ1) is 9.47. The van der Waals surface area contributed by atoms with Crippen LogP contribution in [0.5, 0.6) is 0 Å². The Hall–Kier alpha value is -1.46. The standard InChI is InChI=1S/C13H15Cl2N3O2/c14-9-5-8(16)6-10(15)13(9)17-11(19)7-18-4-2-1-3-12(18)20/h5-6H,1-4,7,16H2,(H,17,19). The fourth-order valence-corrected chi connectivity index (χ4v) is 2.69. The summed E-state index contributed by atoms with van der Waals surface area (Å²) in [6.45, 7) is 0.616. The van der Waals surface area contributed by atoms with Crippen molar-refractivity contribution in [3.8, 4) is 0 Å². The number of nitrogens with two attached hydrogens (primary N) is 1. The molecule has 3 N–H and O–H groups in total. The number of carbonyl (C=O) groups excluding carboxylic acids is 2. The van der Waals surface area contributed by atoms with Crippen molar-refractivity contribution in [2.45, 2.75) is 19.3 Å². The fourth-order valence-electron chi connectivity index (χ4n) is 2.09. The lowest BCUT2D eigenvalue weighted by atomic mass is 10.1. The molecule has 20 heavy (non-hydrogen) atoms. The summed E-state index contributed by atoms with van der Waals surface area (Å²) in [4.78, 5) is 25.1. The number of nitrogens with zero attached hydrogens (tertiary/aromatic N) is 1. The summed E-state index contributed by atoms with van der Waals surface area (Å²) in [5, 5.41) is 3.16. The highest BCUT2D eigenvalue weighted by molar-refractivity contribution is 6.40. The lowest BCUT2D eigenvalue weighted by Crippen LogP contribution is -2.40. The molecule has 7 heteroatoms. The highest BCUT2D eigenvalue weighted by Gasteiger charge is 2.21. The van der Waals surface area contributed by atoms with E-state index < -0.39 is 0 Å². The molecule has 1 aromatic carbocycles. The van der Waals surface area contributed by atoms with Gasteiger partial charge in [0.05, 0.1) is 22.3 Å². The molecule has 1 fully saturated rings. The molecule has 1 aromatic rings. The average Bonchev–Trinajstić information content (AvgIpc) is 2.36. The first kappa shape index (κ1) is 14.9. The van der Waals surface area contributed by atoms with E-state index >= 15 is 0 Å². The van der Waals surface area contributed by atoms with Gasteiger partial charge in [-0.2, -0.15) is 0 Å². The van der Waals surface area contributed by atoms with Crippen molar-refractivity contribution < 1.29 is 9.59 Å². The number of piperidine rings is 1. The number of carbonyl (C=O) groups is 2. The van der Waals surface area contributed by atoms with Gasteiger partial charge in [-0.25, -0.2) is 0 Å². The molecule has 2 amide bonds. The van der Waals surface area contributed by atoms with Crippen molar-refractivity contribution in [2.24, 2.45) is 0 Å². The van der Waals surface area contributed by atoms with Crippen molar-refractivity contribution in [2.75, 3.05) is 24.1 Å². The number of benzene rings is 1. The lowest BCUT2D eigenvalue weighted by molar-refractivity contribution is -0.136. The van der Waals surface area contributed by atoms with Crippen molar-refractivity contribution in [3.05, 3.63) is 22.2 Å². The van der Waals surface area contributed by atoms with Gasteiger partial charge in [0.25, 0.3) is 0 Å². The molecule has 0 saturated carbocycles. The van der Waals surface area contributed by atoms with Crippen LogP contribution in [-0.2, 0) is 9.59 Å². The van der Waals surface area contributed by atoms with E-state index in [0.29, 0.717) is 24.3 Å². The first-order valence-electron chi connectivity index (χ1n) is 6.29. The number of hydrogen-bond acceptors (Lipinski definition) is 3. The second kappa shape index (κ2) is 6.33. The van der Waals surface area contributed by atoms with Crippen LogP contribution in [-0.4, -0.2) is 29.8 Å². The largest absolute Gasteiger partial charge is 0.399 e. The minimum Gasteiger partial charge on any atom is -0.399 e. The van der Waals surface area contributed by atoms with E-state index in [-0.39, 0.29) is 28.4 Å². The third-order valence-electron chi connectivity index (χ3n) is 3.08. The zero-order valence-electron chi connectivity index (χ0n) is 10.8. The van der Waals surface area contributed by atoms with E-state index in [1.165, 1.54) is 17.0 Å². The summed E-state index contributed by atoms with van der Waals surface area (Å²) < 4.78 is 0. The van der Waals surface area contributed by atoms with Crippen LogP contribution in [0.2, 0.25) is 10.0 Å². The van der Waals surface area contributed by atoms with E-state index in [9.17, 15) is 9.59 Å². The third-order valence-corrected chi connectivity index (χ3v) is 3.68. The maximum absolute atomic E-state index is 12.0. The van der Waals surface area contributed by atoms with Gasteiger partial charge < -0.3 is 16.0 Å². The predicted octanol–water partition coefficient (Wildman–Crippen LogP) is 2.53. The molecule has 1 saturated heterocycles. The predicted molar refractivity (Wildman–Crippen MR) is 79.9 cm³/mol. The maximum Gasteiger partial charge on any atom is 0.244 e. The van der Waals surface area contributed by atoms with E-state index in [1.807, 2.05) is 0 Å². The van der Waals surface area contributed by atoms with Gasteiger partial charge in [-0.3, -0.25) is 9.59 Å². The quantitative estimate of drug-likeness (QED) is 0.841. The Labute approximate surface area is 127 Å². The molecule has 0 atom stereocenters. The number of likely N-dealkylation sites (tertiary alicyclic amines) is 1. The number of amides is 2. The first-order valence-corrected chi connectivity index (χ1v) is 7.05. The molecule has 2 rings (SSSR count). The minimum atomic E-state index is -0.325. The molecule has 5 nitrogen and oxygen atoms in total. The van der Waals surface area contributed by atoms with Gasteiger partial charge in [0.15, 0.2) is 0 Å². The molecule has 1 heterocycles. The van der Waals surface area contributed by atoms with Gasteiger partial charge in [0.2, 0.25) is 11.8 Å². The lowest BCUT2D eigenvalue weighted by Gasteiger charge is -2.26. The Morgan fingerprint density at radius 3 is 2.55 bits per heavy atom. The normalized spacial score (nSPS) is 15.3.